The molecular weight excluding hydrogens is 374 g/mol. The maximum atomic E-state index is 12.2. The molecule has 2 aromatic heterocycles. The first kappa shape index (κ1) is 14.6. The van der Waals surface area contributed by atoms with Crippen LogP contribution in [0.2, 0.25) is 0 Å². The van der Waals surface area contributed by atoms with Crippen LogP contribution in [0.25, 0.3) is 11.0 Å². The van der Waals surface area contributed by atoms with Gasteiger partial charge in [-0.25, -0.2) is 0 Å². The zero-order valence-corrected chi connectivity index (χ0v) is 14.1. The molecule has 1 amide bonds. The van der Waals surface area contributed by atoms with E-state index in [1.54, 1.807) is 17.8 Å². The number of anilines is 1. The number of furan rings is 1. The molecule has 0 aliphatic heterocycles. The topological polar surface area (TPSA) is 68.0 Å². The normalized spacial score (nSPS) is 11.0. The van der Waals surface area contributed by atoms with Crippen LogP contribution in [0.5, 0.6) is 0 Å². The van der Waals surface area contributed by atoms with Crippen LogP contribution in [0, 0.1) is 0 Å². The Hall–Kier alpha value is -1.38. The third-order valence-corrected chi connectivity index (χ3v) is 5.09. The minimum atomic E-state index is -0.331. The number of carbonyl (C=O) groups is 1. The van der Waals surface area contributed by atoms with Gasteiger partial charge in [-0.3, -0.25) is 10.1 Å². The lowest BCUT2D eigenvalue weighted by molar-refractivity contribution is 0.0998. The van der Waals surface area contributed by atoms with Crippen LogP contribution in [0.3, 0.4) is 0 Å². The second-order valence-electron chi connectivity index (χ2n) is 4.03. The van der Waals surface area contributed by atoms with E-state index in [1.165, 1.54) is 11.3 Å². The standard InChI is InChI=1S/C13H10BrN3O2S2/c1-2-20-13-17-16-12(21-13)15-11(18)9-6-7-4-3-5-8(14)10(7)19-9/h3-6H,2H2,1H3,(H,15,16,18). The van der Waals surface area contributed by atoms with Crippen LogP contribution < -0.4 is 5.32 Å². The van der Waals surface area contributed by atoms with E-state index in [1.807, 2.05) is 25.1 Å². The summed E-state index contributed by atoms with van der Waals surface area (Å²) in [6.45, 7) is 2.04. The Balaban J connectivity index is 1.81. The number of hydrogen-bond acceptors (Lipinski definition) is 6. The number of amides is 1. The quantitative estimate of drug-likeness (QED) is 0.533. The molecular formula is C13H10BrN3O2S2. The Morgan fingerprint density at radius 2 is 2.33 bits per heavy atom. The van der Waals surface area contributed by atoms with Crippen LogP contribution >= 0.6 is 39.0 Å². The van der Waals surface area contributed by atoms with Crippen LogP contribution in [0.4, 0.5) is 5.13 Å². The van der Waals surface area contributed by atoms with Crippen molar-refractivity contribution in [3.63, 3.8) is 0 Å². The van der Waals surface area contributed by atoms with Gasteiger partial charge in [0.05, 0.1) is 4.47 Å². The van der Waals surface area contributed by atoms with E-state index in [-0.39, 0.29) is 11.7 Å². The van der Waals surface area contributed by atoms with Gasteiger partial charge in [-0.15, -0.1) is 10.2 Å². The highest BCUT2D eigenvalue weighted by molar-refractivity contribution is 9.10. The van der Waals surface area contributed by atoms with Gasteiger partial charge in [0.2, 0.25) is 5.13 Å². The largest absolute Gasteiger partial charge is 0.450 e. The number of hydrogen-bond donors (Lipinski definition) is 1. The lowest BCUT2D eigenvalue weighted by Crippen LogP contribution is -2.10. The van der Waals surface area contributed by atoms with Gasteiger partial charge in [0.15, 0.2) is 10.1 Å². The summed E-state index contributed by atoms with van der Waals surface area (Å²) in [5, 5.41) is 12.0. The average Bonchev–Trinajstić information content (AvgIpc) is 3.07. The molecule has 0 bridgehead atoms. The zero-order chi connectivity index (χ0) is 14.8. The summed E-state index contributed by atoms with van der Waals surface area (Å²) in [6.07, 6.45) is 0. The molecule has 3 rings (SSSR count). The van der Waals surface area contributed by atoms with Crippen molar-refractivity contribution < 1.29 is 9.21 Å². The average molecular weight is 384 g/mol. The molecule has 0 saturated carbocycles. The molecule has 5 nitrogen and oxygen atoms in total. The third kappa shape index (κ3) is 3.12. The molecule has 0 saturated heterocycles. The van der Waals surface area contributed by atoms with Crippen molar-refractivity contribution in [2.24, 2.45) is 0 Å². The Labute approximate surface area is 137 Å². The molecule has 0 spiro atoms. The van der Waals surface area contributed by atoms with E-state index in [0.717, 1.165) is 20.0 Å². The Kier molecular flexibility index (Phi) is 4.27. The van der Waals surface area contributed by atoms with Crippen molar-refractivity contribution >= 4 is 61.0 Å². The zero-order valence-electron chi connectivity index (χ0n) is 10.9. The highest BCUT2D eigenvalue weighted by atomic mass is 79.9. The fourth-order valence-electron chi connectivity index (χ4n) is 1.74. The number of nitrogens with one attached hydrogen (secondary N) is 1. The summed E-state index contributed by atoms with van der Waals surface area (Å²) in [7, 11) is 0. The molecule has 0 fully saturated rings. The predicted octanol–water partition coefficient (Wildman–Crippen LogP) is 4.41. The maximum absolute atomic E-state index is 12.2. The number of rotatable bonds is 4. The van der Waals surface area contributed by atoms with Crippen molar-refractivity contribution in [1.82, 2.24) is 10.2 Å². The number of thioether (sulfide) groups is 1. The van der Waals surface area contributed by atoms with Gasteiger partial charge in [0, 0.05) is 5.39 Å². The van der Waals surface area contributed by atoms with Crippen molar-refractivity contribution in [1.29, 1.82) is 0 Å². The van der Waals surface area contributed by atoms with Crippen LogP contribution in [0.1, 0.15) is 17.5 Å². The van der Waals surface area contributed by atoms with Crippen LogP contribution in [-0.2, 0) is 0 Å². The summed E-state index contributed by atoms with van der Waals surface area (Å²) >= 11 is 6.34. The molecule has 1 aromatic carbocycles. The van der Waals surface area contributed by atoms with Crippen LogP contribution in [-0.4, -0.2) is 21.9 Å². The van der Waals surface area contributed by atoms with Gasteiger partial charge in [-0.2, -0.15) is 0 Å². The minimum Gasteiger partial charge on any atom is -0.450 e. The number of nitrogens with zero attached hydrogens (tertiary/aromatic N) is 2. The Bertz CT molecular complexity index is 800. The molecule has 1 N–H and O–H groups in total. The maximum Gasteiger partial charge on any atom is 0.293 e. The van der Waals surface area contributed by atoms with Gasteiger partial charge < -0.3 is 4.42 Å². The highest BCUT2D eigenvalue weighted by Crippen LogP contribution is 2.28. The van der Waals surface area contributed by atoms with E-state index >= 15 is 0 Å². The summed E-state index contributed by atoms with van der Waals surface area (Å²) in [5.41, 5.74) is 0.655. The summed E-state index contributed by atoms with van der Waals surface area (Å²) in [4.78, 5) is 12.2. The number of para-hydroxylation sites is 1. The third-order valence-electron chi connectivity index (χ3n) is 2.61. The van der Waals surface area contributed by atoms with E-state index < -0.39 is 0 Å². The van der Waals surface area contributed by atoms with Crippen molar-refractivity contribution in [3.05, 3.63) is 34.5 Å². The van der Waals surface area contributed by atoms with E-state index in [0.29, 0.717) is 10.7 Å². The Morgan fingerprint density at radius 1 is 1.48 bits per heavy atom. The molecule has 0 atom stereocenters. The van der Waals surface area contributed by atoms with Crippen LogP contribution in [0.15, 0.2) is 37.5 Å². The monoisotopic (exact) mass is 383 g/mol. The van der Waals surface area contributed by atoms with E-state index in [4.69, 9.17) is 4.42 Å². The summed E-state index contributed by atoms with van der Waals surface area (Å²) < 4.78 is 7.23. The number of fused-ring (bicyclic) bond motifs is 1. The van der Waals surface area contributed by atoms with Gasteiger partial charge in [-0.1, -0.05) is 42.2 Å². The van der Waals surface area contributed by atoms with Gasteiger partial charge in [0.25, 0.3) is 5.91 Å². The lowest BCUT2D eigenvalue weighted by atomic mass is 10.2. The van der Waals surface area contributed by atoms with E-state index in [2.05, 4.69) is 31.4 Å². The second kappa shape index (κ2) is 6.17. The molecule has 21 heavy (non-hydrogen) atoms. The number of carbonyl (C=O) groups excluding carboxylic acids is 1. The predicted molar refractivity (Wildman–Crippen MR) is 88.2 cm³/mol. The van der Waals surface area contributed by atoms with Gasteiger partial charge >= 0.3 is 0 Å². The van der Waals surface area contributed by atoms with Gasteiger partial charge in [0.1, 0.15) is 5.58 Å². The van der Waals surface area contributed by atoms with Crippen molar-refractivity contribution in [2.75, 3.05) is 11.1 Å². The second-order valence-corrected chi connectivity index (χ2v) is 7.37. The molecule has 0 aliphatic rings. The first-order valence-corrected chi connectivity index (χ1v) is 8.72. The Morgan fingerprint density at radius 3 is 3.10 bits per heavy atom. The molecule has 2 heterocycles. The minimum absolute atomic E-state index is 0.247. The molecule has 108 valence electrons. The smallest absolute Gasteiger partial charge is 0.293 e. The number of aromatic nitrogens is 2. The molecule has 0 radical (unpaired) electrons. The molecule has 3 aromatic rings. The first-order chi connectivity index (χ1) is 10.2. The SMILES string of the molecule is CCSc1nnc(NC(=O)c2cc3cccc(Br)c3o2)s1. The highest BCUT2D eigenvalue weighted by Gasteiger charge is 2.15. The number of halogens is 1. The van der Waals surface area contributed by atoms with Crippen molar-refractivity contribution in [2.45, 2.75) is 11.3 Å². The molecule has 0 unspecified atom stereocenters. The van der Waals surface area contributed by atoms with E-state index in [9.17, 15) is 4.79 Å². The number of benzene rings is 1. The summed E-state index contributed by atoms with van der Waals surface area (Å²) in [6, 6.07) is 7.36. The fraction of sp³-hybridized carbons (Fsp3) is 0.154. The molecule has 0 aliphatic carbocycles. The summed E-state index contributed by atoms with van der Waals surface area (Å²) in [5.74, 6) is 0.833. The fourth-order valence-corrected chi connectivity index (χ4v) is 3.85. The first-order valence-electron chi connectivity index (χ1n) is 6.13. The molecule has 8 heteroatoms. The van der Waals surface area contributed by atoms with Crippen molar-refractivity contribution in [3.8, 4) is 0 Å². The van der Waals surface area contributed by atoms with Gasteiger partial charge in [-0.05, 0) is 33.8 Å². The lowest BCUT2D eigenvalue weighted by Gasteiger charge is -1.96.